The van der Waals surface area contributed by atoms with E-state index in [1.807, 2.05) is 6.92 Å². The molecule has 13 heavy (non-hydrogen) atoms. The van der Waals surface area contributed by atoms with E-state index in [1.165, 1.54) is 0 Å². The first-order chi connectivity index (χ1) is 6.20. The Hall–Kier alpha value is -0.610. The fourth-order valence-corrected chi connectivity index (χ4v) is 1.35. The second-order valence-electron chi connectivity index (χ2n) is 3.64. The fourth-order valence-electron chi connectivity index (χ4n) is 1.35. The van der Waals surface area contributed by atoms with Gasteiger partial charge in [0.2, 0.25) is 5.91 Å². The molecular formula is C9H18N2O2. The summed E-state index contributed by atoms with van der Waals surface area (Å²) in [4.78, 5) is 11.5. The van der Waals surface area contributed by atoms with Crippen LogP contribution in [0.3, 0.4) is 0 Å². The molecule has 1 aliphatic heterocycles. The monoisotopic (exact) mass is 186 g/mol. The van der Waals surface area contributed by atoms with Gasteiger partial charge in [0.05, 0.1) is 12.5 Å². The van der Waals surface area contributed by atoms with Crippen molar-refractivity contribution in [3.05, 3.63) is 0 Å². The molecule has 0 radical (unpaired) electrons. The molecule has 0 spiro atoms. The Bertz CT molecular complexity index is 165. The van der Waals surface area contributed by atoms with Crippen molar-refractivity contribution < 1.29 is 9.53 Å². The van der Waals surface area contributed by atoms with Crippen molar-refractivity contribution in [3.63, 3.8) is 0 Å². The molecule has 2 atom stereocenters. The van der Waals surface area contributed by atoms with Gasteiger partial charge in [-0.05, 0) is 19.8 Å². The number of hydrogen-bond donors (Lipinski definition) is 2. The highest BCUT2D eigenvalue weighted by Gasteiger charge is 2.21. The van der Waals surface area contributed by atoms with Crippen LogP contribution in [0.5, 0.6) is 0 Å². The number of nitrogens with two attached hydrogens (primary N) is 1. The zero-order valence-corrected chi connectivity index (χ0v) is 8.08. The lowest BCUT2D eigenvalue weighted by atomic mass is 10.0. The van der Waals surface area contributed by atoms with E-state index in [2.05, 4.69) is 5.32 Å². The molecular weight excluding hydrogens is 168 g/mol. The smallest absolute Gasteiger partial charge is 0.225 e. The Morgan fingerprint density at radius 3 is 3.08 bits per heavy atom. The second-order valence-corrected chi connectivity index (χ2v) is 3.64. The zero-order valence-electron chi connectivity index (χ0n) is 8.08. The lowest BCUT2D eigenvalue weighted by molar-refractivity contribution is -0.129. The molecule has 4 nitrogen and oxygen atoms in total. The van der Waals surface area contributed by atoms with Crippen LogP contribution in [0, 0.1) is 5.92 Å². The molecule has 1 amide bonds. The first kappa shape index (κ1) is 10.5. The molecule has 2 unspecified atom stereocenters. The van der Waals surface area contributed by atoms with Gasteiger partial charge in [0.1, 0.15) is 0 Å². The average Bonchev–Trinajstić information content (AvgIpc) is 2.15. The van der Waals surface area contributed by atoms with E-state index in [1.54, 1.807) is 0 Å². The van der Waals surface area contributed by atoms with E-state index < -0.39 is 0 Å². The van der Waals surface area contributed by atoms with Gasteiger partial charge in [-0.1, -0.05) is 0 Å². The predicted octanol–water partition coefficient (Wildman–Crippen LogP) is -0.124. The third-order valence-corrected chi connectivity index (χ3v) is 2.13. The van der Waals surface area contributed by atoms with Crippen molar-refractivity contribution in [2.75, 3.05) is 19.8 Å². The van der Waals surface area contributed by atoms with Crippen LogP contribution in [0.1, 0.15) is 19.8 Å². The highest BCUT2D eigenvalue weighted by atomic mass is 16.5. The van der Waals surface area contributed by atoms with E-state index in [9.17, 15) is 4.79 Å². The molecule has 1 fully saturated rings. The van der Waals surface area contributed by atoms with Crippen molar-refractivity contribution >= 4 is 5.91 Å². The second kappa shape index (κ2) is 5.19. The van der Waals surface area contributed by atoms with Gasteiger partial charge in [0.25, 0.3) is 0 Å². The SMILES string of the molecule is CC(N)CNC(=O)C1CCCOC1. The number of rotatable bonds is 3. The standard InChI is InChI=1S/C9H18N2O2/c1-7(10)5-11-9(12)8-3-2-4-13-6-8/h7-8H,2-6,10H2,1H3,(H,11,12). The summed E-state index contributed by atoms with van der Waals surface area (Å²) in [5.74, 6) is 0.115. The van der Waals surface area contributed by atoms with Gasteiger partial charge < -0.3 is 15.8 Å². The summed E-state index contributed by atoms with van der Waals surface area (Å²) in [5.41, 5.74) is 5.52. The normalized spacial score (nSPS) is 25.2. The lowest BCUT2D eigenvalue weighted by Crippen LogP contribution is -2.40. The van der Waals surface area contributed by atoms with Crippen molar-refractivity contribution in [1.82, 2.24) is 5.32 Å². The van der Waals surface area contributed by atoms with Crippen molar-refractivity contribution in [1.29, 1.82) is 0 Å². The molecule has 3 N–H and O–H groups in total. The number of hydrogen-bond acceptors (Lipinski definition) is 3. The zero-order chi connectivity index (χ0) is 9.68. The predicted molar refractivity (Wildman–Crippen MR) is 50.2 cm³/mol. The summed E-state index contributed by atoms with van der Waals surface area (Å²) in [7, 11) is 0. The van der Waals surface area contributed by atoms with E-state index in [0.29, 0.717) is 13.2 Å². The van der Waals surface area contributed by atoms with Crippen LogP contribution >= 0.6 is 0 Å². The molecule has 0 aromatic carbocycles. The molecule has 1 rings (SSSR count). The van der Waals surface area contributed by atoms with Gasteiger partial charge in [-0.15, -0.1) is 0 Å². The minimum Gasteiger partial charge on any atom is -0.381 e. The largest absolute Gasteiger partial charge is 0.381 e. The maximum atomic E-state index is 11.5. The van der Waals surface area contributed by atoms with Crippen LogP contribution < -0.4 is 11.1 Å². The third kappa shape index (κ3) is 3.74. The molecule has 76 valence electrons. The summed E-state index contributed by atoms with van der Waals surface area (Å²) in [6.45, 7) is 3.77. The molecule has 0 saturated carbocycles. The van der Waals surface area contributed by atoms with Crippen LogP contribution in [-0.4, -0.2) is 31.7 Å². The fraction of sp³-hybridized carbons (Fsp3) is 0.889. The molecule has 0 aliphatic carbocycles. The summed E-state index contributed by atoms with van der Waals surface area (Å²) >= 11 is 0. The summed E-state index contributed by atoms with van der Waals surface area (Å²) in [6, 6.07) is 0.0217. The third-order valence-electron chi connectivity index (χ3n) is 2.13. The van der Waals surface area contributed by atoms with Gasteiger partial charge in [-0.2, -0.15) is 0 Å². The average molecular weight is 186 g/mol. The van der Waals surface area contributed by atoms with Crippen LogP contribution in [0.2, 0.25) is 0 Å². The number of nitrogens with one attached hydrogen (secondary N) is 1. The number of carbonyl (C=O) groups excluding carboxylic acids is 1. The number of carbonyl (C=O) groups is 1. The van der Waals surface area contributed by atoms with Crippen molar-refractivity contribution in [3.8, 4) is 0 Å². The molecule has 0 aromatic rings. The van der Waals surface area contributed by atoms with Crippen LogP contribution in [0.4, 0.5) is 0 Å². The number of ether oxygens (including phenoxy) is 1. The highest BCUT2D eigenvalue weighted by Crippen LogP contribution is 2.12. The maximum Gasteiger partial charge on any atom is 0.225 e. The van der Waals surface area contributed by atoms with E-state index in [4.69, 9.17) is 10.5 Å². The quantitative estimate of drug-likeness (QED) is 0.645. The Labute approximate surface area is 78.8 Å². The first-order valence-electron chi connectivity index (χ1n) is 4.81. The first-order valence-corrected chi connectivity index (χ1v) is 4.81. The summed E-state index contributed by atoms with van der Waals surface area (Å²) in [5, 5.41) is 2.81. The Morgan fingerprint density at radius 2 is 2.54 bits per heavy atom. The van der Waals surface area contributed by atoms with Gasteiger partial charge >= 0.3 is 0 Å². The van der Waals surface area contributed by atoms with Crippen molar-refractivity contribution in [2.24, 2.45) is 11.7 Å². The minimum absolute atomic E-state index is 0.0217. The number of amides is 1. The molecule has 1 saturated heterocycles. The minimum atomic E-state index is 0.0217. The van der Waals surface area contributed by atoms with Gasteiger partial charge in [-0.25, -0.2) is 0 Å². The van der Waals surface area contributed by atoms with Gasteiger partial charge in [0.15, 0.2) is 0 Å². The Balaban J connectivity index is 2.21. The molecule has 4 heteroatoms. The van der Waals surface area contributed by atoms with Crippen molar-refractivity contribution in [2.45, 2.75) is 25.8 Å². The van der Waals surface area contributed by atoms with E-state index >= 15 is 0 Å². The summed E-state index contributed by atoms with van der Waals surface area (Å²) < 4.78 is 5.22. The molecule has 1 aliphatic rings. The molecule has 1 heterocycles. The lowest BCUT2D eigenvalue weighted by Gasteiger charge is -2.21. The van der Waals surface area contributed by atoms with Gasteiger partial charge in [-0.3, -0.25) is 4.79 Å². The van der Waals surface area contributed by atoms with E-state index in [-0.39, 0.29) is 17.9 Å². The van der Waals surface area contributed by atoms with Gasteiger partial charge in [0, 0.05) is 19.2 Å². The highest BCUT2D eigenvalue weighted by molar-refractivity contribution is 5.78. The summed E-state index contributed by atoms with van der Waals surface area (Å²) in [6.07, 6.45) is 1.92. The van der Waals surface area contributed by atoms with Crippen LogP contribution in [-0.2, 0) is 9.53 Å². The maximum absolute atomic E-state index is 11.5. The molecule has 0 bridgehead atoms. The van der Waals surface area contributed by atoms with E-state index in [0.717, 1.165) is 19.4 Å². The van der Waals surface area contributed by atoms with Crippen LogP contribution in [0.25, 0.3) is 0 Å². The molecule has 0 aromatic heterocycles. The van der Waals surface area contributed by atoms with Crippen LogP contribution in [0.15, 0.2) is 0 Å². The Morgan fingerprint density at radius 1 is 1.77 bits per heavy atom. The Kier molecular flexibility index (Phi) is 4.18. The topological polar surface area (TPSA) is 64.3 Å².